The molecule has 0 saturated carbocycles. The first-order valence-corrected chi connectivity index (χ1v) is 10.8. The third-order valence-corrected chi connectivity index (χ3v) is 6.94. The summed E-state index contributed by atoms with van der Waals surface area (Å²) in [6.45, 7) is 5.08. The fourth-order valence-electron chi connectivity index (χ4n) is 5.03. The fourth-order valence-corrected chi connectivity index (χ4v) is 5.03. The maximum atomic E-state index is 12.7. The Bertz CT molecular complexity index is 676. The Balaban J connectivity index is 1.31. The maximum absolute atomic E-state index is 12.7. The molecule has 3 aliphatic heterocycles. The maximum Gasteiger partial charge on any atom is 0.226 e. The van der Waals surface area contributed by atoms with Crippen molar-refractivity contribution in [2.75, 3.05) is 39.4 Å². The van der Waals surface area contributed by atoms with E-state index in [2.05, 4.69) is 4.90 Å². The van der Waals surface area contributed by atoms with Gasteiger partial charge in [0.05, 0.1) is 6.42 Å². The van der Waals surface area contributed by atoms with E-state index in [-0.39, 0.29) is 11.3 Å². The molecule has 2 amide bonds. The molecule has 3 saturated heterocycles. The predicted molar refractivity (Wildman–Crippen MR) is 108 cm³/mol. The highest BCUT2D eigenvalue weighted by molar-refractivity contribution is 5.79. The van der Waals surface area contributed by atoms with Crippen molar-refractivity contribution < 1.29 is 14.3 Å². The molecule has 0 aromatic heterocycles. The monoisotopic (exact) mass is 384 g/mol. The van der Waals surface area contributed by atoms with Crippen molar-refractivity contribution >= 4 is 11.8 Å². The van der Waals surface area contributed by atoms with Gasteiger partial charge in [-0.2, -0.15) is 0 Å². The average molecular weight is 385 g/mol. The van der Waals surface area contributed by atoms with Crippen LogP contribution in [0.25, 0.3) is 0 Å². The molecule has 1 aromatic carbocycles. The SMILES string of the molecule is O=C(Cc1ccccc1)N1CCC2(CCC(=O)N(CC3CCOCC3)C2)CC1. The molecule has 5 nitrogen and oxygen atoms in total. The van der Waals surface area contributed by atoms with E-state index in [1.165, 1.54) is 0 Å². The number of benzene rings is 1. The van der Waals surface area contributed by atoms with E-state index in [9.17, 15) is 9.59 Å². The van der Waals surface area contributed by atoms with Gasteiger partial charge in [0.25, 0.3) is 0 Å². The van der Waals surface area contributed by atoms with Gasteiger partial charge in [0, 0.05) is 45.8 Å². The van der Waals surface area contributed by atoms with Crippen LogP contribution < -0.4 is 0 Å². The number of rotatable bonds is 4. The summed E-state index contributed by atoms with van der Waals surface area (Å²) in [5.74, 6) is 1.13. The quantitative estimate of drug-likeness (QED) is 0.802. The van der Waals surface area contributed by atoms with Crippen LogP contribution >= 0.6 is 0 Å². The van der Waals surface area contributed by atoms with Crippen molar-refractivity contribution in [1.29, 1.82) is 0 Å². The zero-order valence-corrected chi connectivity index (χ0v) is 16.8. The van der Waals surface area contributed by atoms with Gasteiger partial charge in [-0.3, -0.25) is 9.59 Å². The summed E-state index contributed by atoms with van der Waals surface area (Å²) < 4.78 is 5.46. The first-order chi connectivity index (χ1) is 13.6. The zero-order chi connectivity index (χ0) is 19.4. The standard InChI is InChI=1S/C23H32N2O3/c26-21-6-9-23(18-25(21)17-20-7-14-28-15-8-20)10-12-24(13-11-23)22(27)16-19-4-2-1-3-5-19/h1-5,20H,6-18H2. The Morgan fingerprint density at radius 1 is 1.07 bits per heavy atom. The van der Waals surface area contributed by atoms with E-state index < -0.39 is 0 Å². The molecule has 3 heterocycles. The molecule has 0 N–H and O–H groups in total. The van der Waals surface area contributed by atoms with Crippen LogP contribution in [0.1, 0.15) is 44.1 Å². The second kappa shape index (κ2) is 8.64. The van der Waals surface area contributed by atoms with E-state index in [1.807, 2.05) is 35.2 Å². The average Bonchev–Trinajstić information content (AvgIpc) is 2.73. The first-order valence-electron chi connectivity index (χ1n) is 10.8. The molecule has 3 aliphatic rings. The van der Waals surface area contributed by atoms with Crippen LogP contribution in [0.2, 0.25) is 0 Å². The number of likely N-dealkylation sites (tertiary alicyclic amines) is 2. The van der Waals surface area contributed by atoms with Gasteiger partial charge in [-0.1, -0.05) is 30.3 Å². The largest absolute Gasteiger partial charge is 0.381 e. The Kier molecular flexibility index (Phi) is 6.00. The van der Waals surface area contributed by atoms with Crippen LogP contribution in [0, 0.1) is 11.3 Å². The second-order valence-corrected chi connectivity index (χ2v) is 8.87. The summed E-state index contributed by atoms with van der Waals surface area (Å²) in [7, 11) is 0. The first kappa shape index (κ1) is 19.4. The lowest BCUT2D eigenvalue weighted by Gasteiger charge is -2.48. The lowest BCUT2D eigenvalue weighted by Crippen LogP contribution is -2.53. The highest BCUT2D eigenvalue weighted by Gasteiger charge is 2.42. The molecule has 0 aliphatic carbocycles. The molecule has 4 rings (SSSR count). The third-order valence-electron chi connectivity index (χ3n) is 6.94. The molecule has 0 atom stereocenters. The Hall–Kier alpha value is -1.88. The summed E-state index contributed by atoms with van der Waals surface area (Å²) in [4.78, 5) is 29.3. The molecule has 0 radical (unpaired) electrons. The summed E-state index contributed by atoms with van der Waals surface area (Å²) in [6, 6.07) is 9.99. The summed E-state index contributed by atoms with van der Waals surface area (Å²) in [5.41, 5.74) is 1.29. The van der Waals surface area contributed by atoms with Crippen molar-refractivity contribution in [2.24, 2.45) is 11.3 Å². The van der Waals surface area contributed by atoms with Gasteiger partial charge in [0.15, 0.2) is 0 Å². The summed E-state index contributed by atoms with van der Waals surface area (Å²) in [5, 5.41) is 0. The van der Waals surface area contributed by atoms with Crippen LogP contribution in [-0.4, -0.2) is 61.0 Å². The number of nitrogens with zero attached hydrogens (tertiary/aromatic N) is 2. The number of ether oxygens (including phenoxy) is 1. The summed E-state index contributed by atoms with van der Waals surface area (Å²) >= 11 is 0. The van der Waals surface area contributed by atoms with Crippen LogP contribution in [0.4, 0.5) is 0 Å². The number of carbonyl (C=O) groups excluding carboxylic acids is 2. The van der Waals surface area contributed by atoms with Crippen molar-refractivity contribution in [3.63, 3.8) is 0 Å². The van der Waals surface area contributed by atoms with Gasteiger partial charge in [-0.25, -0.2) is 0 Å². The minimum absolute atomic E-state index is 0.211. The number of hydrogen-bond donors (Lipinski definition) is 0. The van der Waals surface area contributed by atoms with E-state index in [0.717, 1.165) is 77.1 Å². The molecular formula is C23H32N2O3. The smallest absolute Gasteiger partial charge is 0.226 e. The van der Waals surface area contributed by atoms with Crippen LogP contribution in [0.15, 0.2) is 30.3 Å². The Morgan fingerprint density at radius 3 is 2.50 bits per heavy atom. The minimum atomic E-state index is 0.211. The van der Waals surface area contributed by atoms with Gasteiger partial charge >= 0.3 is 0 Å². The molecule has 0 bridgehead atoms. The lowest BCUT2D eigenvalue weighted by atomic mass is 9.72. The van der Waals surface area contributed by atoms with E-state index in [0.29, 0.717) is 24.7 Å². The molecule has 0 unspecified atom stereocenters. The van der Waals surface area contributed by atoms with Crippen molar-refractivity contribution in [3.8, 4) is 0 Å². The van der Waals surface area contributed by atoms with E-state index in [4.69, 9.17) is 4.74 Å². The molecule has 5 heteroatoms. The number of carbonyl (C=O) groups is 2. The molecule has 152 valence electrons. The second-order valence-electron chi connectivity index (χ2n) is 8.87. The zero-order valence-electron chi connectivity index (χ0n) is 16.8. The Labute approximate surface area is 168 Å². The number of piperidine rings is 2. The van der Waals surface area contributed by atoms with Gasteiger partial charge in [-0.15, -0.1) is 0 Å². The highest BCUT2D eigenvalue weighted by Crippen LogP contribution is 2.40. The van der Waals surface area contributed by atoms with Crippen molar-refractivity contribution in [2.45, 2.75) is 44.9 Å². The Morgan fingerprint density at radius 2 is 1.79 bits per heavy atom. The van der Waals surface area contributed by atoms with Crippen LogP contribution in [-0.2, 0) is 20.7 Å². The molecule has 3 fully saturated rings. The van der Waals surface area contributed by atoms with Gasteiger partial charge in [0.2, 0.25) is 11.8 Å². The van der Waals surface area contributed by atoms with Crippen molar-refractivity contribution in [1.82, 2.24) is 9.80 Å². The molecule has 1 spiro atoms. The predicted octanol–water partition coefficient (Wildman–Crippen LogP) is 2.89. The fraction of sp³-hybridized carbons (Fsp3) is 0.652. The van der Waals surface area contributed by atoms with Gasteiger partial charge in [0.1, 0.15) is 0 Å². The van der Waals surface area contributed by atoms with E-state index >= 15 is 0 Å². The van der Waals surface area contributed by atoms with Crippen LogP contribution in [0.3, 0.4) is 0 Å². The van der Waals surface area contributed by atoms with Crippen molar-refractivity contribution in [3.05, 3.63) is 35.9 Å². The number of amides is 2. The van der Waals surface area contributed by atoms with Gasteiger partial charge < -0.3 is 14.5 Å². The molecular weight excluding hydrogens is 352 g/mol. The third kappa shape index (κ3) is 4.57. The summed E-state index contributed by atoms with van der Waals surface area (Å²) in [6.07, 6.45) is 6.31. The normalized spacial score (nSPS) is 23.2. The van der Waals surface area contributed by atoms with Gasteiger partial charge in [-0.05, 0) is 49.0 Å². The molecule has 1 aromatic rings. The molecule has 28 heavy (non-hydrogen) atoms. The number of hydrogen-bond acceptors (Lipinski definition) is 3. The van der Waals surface area contributed by atoms with Crippen LogP contribution in [0.5, 0.6) is 0 Å². The lowest BCUT2D eigenvalue weighted by molar-refractivity contribution is -0.143. The van der Waals surface area contributed by atoms with E-state index in [1.54, 1.807) is 0 Å². The topological polar surface area (TPSA) is 49.9 Å². The minimum Gasteiger partial charge on any atom is -0.381 e. The highest BCUT2D eigenvalue weighted by atomic mass is 16.5.